The first-order chi connectivity index (χ1) is 20.7. The van der Waals surface area contributed by atoms with E-state index in [0.717, 1.165) is 18.7 Å². The molecular weight excluding hydrogens is 578 g/mol. The first kappa shape index (κ1) is 30.7. The van der Waals surface area contributed by atoms with Crippen molar-refractivity contribution in [2.75, 3.05) is 30.9 Å². The number of para-hydroxylation sites is 2. The molecule has 4 aromatic rings. The Kier molecular flexibility index (Phi) is 9.68. The average molecular weight is 608 g/mol. The maximum atomic E-state index is 13.5. The largest absolute Gasteiger partial charge is 0.493 e. The number of benzene rings is 3. The molecule has 1 amide bonds. The standard InChI is InChI=1S/C30H29N3O9S/c1-5-40-28-26(42-30(35)32-25-12-8-9-17-31-25)21(29(34)39-4)18-22(27(28)41-24-11-7-6-10-23(24)38-3)33-43(36,37)20-15-13-19(2)14-16-20/h6-18,33H,5H2,1-4H3,(H,31,32,35). The van der Waals surface area contributed by atoms with E-state index >= 15 is 0 Å². The number of nitrogens with zero attached hydrogens (tertiary/aromatic N) is 1. The van der Waals surface area contributed by atoms with Gasteiger partial charge in [0.1, 0.15) is 11.4 Å². The highest BCUT2D eigenvalue weighted by molar-refractivity contribution is 7.92. The molecule has 13 heteroatoms. The van der Waals surface area contributed by atoms with Crippen LogP contribution in [0.25, 0.3) is 0 Å². The number of hydrogen-bond acceptors (Lipinski definition) is 10. The third-order valence-electron chi connectivity index (χ3n) is 5.83. The Morgan fingerprint density at radius 3 is 2.21 bits per heavy atom. The van der Waals surface area contributed by atoms with Crippen LogP contribution in [0.5, 0.6) is 28.7 Å². The maximum absolute atomic E-state index is 13.5. The number of ether oxygens (including phenoxy) is 5. The molecule has 1 aromatic heterocycles. The van der Waals surface area contributed by atoms with Crippen molar-refractivity contribution in [3.63, 3.8) is 0 Å². The Morgan fingerprint density at radius 1 is 0.884 bits per heavy atom. The minimum atomic E-state index is -4.22. The molecule has 0 spiro atoms. The molecule has 0 aliphatic carbocycles. The lowest BCUT2D eigenvalue weighted by Gasteiger charge is -2.22. The van der Waals surface area contributed by atoms with Crippen molar-refractivity contribution in [2.45, 2.75) is 18.7 Å². The third kappa shape index (κ3) is 7.32. The van der Waals surface area contributed by atoms with Crippen molar-refractivity contribution >= 4 is 33.6 Å². The molecule has 0 saturated carbocycles. The van der Waals surface area contributed by atoms with Gasteiger partial charge in [-0.3, -0.25) is 10.0 Å². The summed E-state index contributed by atoms with van der Waals surface area (Å²) in [6.07, 6.45) is 0.455. The fourth-order valence-electron chi connectivity index (χ4n) is 3.83. The Labute approximate surface area is 248 Å². The normalized spacial score (nSPS) is 10.8. The van der Waals surface area contributed by atoms with Gasteiger partial charge >= 0.3 is 12.1 Å². The van der Waals surface area contributed by atoms with Crippen molar-refractivity contribution in [2.24, 2.45) is 0 Å². The van der Waals surface area contributed by atoms with Crippen LogP contribution in [0.1, 0.15) is 22.8 Å². The summed E-state index contributed by atoms with van der Waals surface area (Å²) in [4.78, 5) is 29.9. The van der Waals surface area contributed by atoms with E-state index in [9.17, 15) is 18.0 Å². The van der Waals surface area contributed by atoms with Crippen LogP contribution in [-0.4, -0.2) is 46.3 Å². The Balaban J connectivity index is 1.92. The lowest BCUT2D eigenvalue weighted by molar-refractivity contribution is 0.0597. The van der Waals surface area contributed by atoms with Crippen molar-refractivity contribution in [3.05, 3.63) is 90.1 Å². The number of pyridine rings is 1. The van der Waals surface area contributed by atoms with Crippen LogP contribution in [0.4, 0.5) is 16.3 Å². The number of esters is 1. The second-order valence-electron chi connectivity index (χ2n) is 8.78. The van der Waals surface area contributed by atoms with Crippen LogP contribution >= 0.6 is 0 Å². The van der Waals surface area contributed by atoms with Crippen LogP contribution < -0.4 is 29.0 Å². The van der Waals surface area contributed by atoms with Crippen LogP contribution in [0.15, 0.2) is 83.9 Å². The number of carbonyl (C=O) groups excluding carboxylic acids is 2. The molecule has 0 aliphatic heterocycles. The Morgan fingerprint density at radius 2 is 1.58 bits per heavy atom. The van der Waals surface area contributed by atoms with Gasteiger partial charge in [-0.25, -0.2) is 23.0 Å². The molecular formula is C30H29N3O9S. The lowest BCUT2D eigenvalue weighted by Crippen LogP contribution is -2.21. The number of aromatic nitrogens is 1. The summed E-state index contributed by atoms with van der Waals surface area (Å²) >= 11 is 0. The topological polar surface area (TPSA) is 151 Å². The zero-order valence-corrected chi connectivity index (χ0v) is 24.6. The van der Waals surface area contributed by atoms with Crippen molar-refractivity contribution < 1.29 is 41.7 Å². The Hall–Kier alpha value is -5.30. The number of anilines is 2. The summed E-state index contributed by atoms with van der Waals surface area (Å²) < 4.78 is 57.3. The number of aryl methyl sites for hydroxylation is 1. The fraction of sp³-hybridized carbons (Fsp3) is 0.167. The molecule has 43 heavy (non-hydrogen) atoms. The molecule has 0 aliphatic rings. The number of rotatable bonds is 11. The van der Waals surface area contributed by atoms with Gasteiger partial charge in [-0.15, -0.1) is 0 Å². The molecule has 3 aromatic carbocycles. The summed E-state index contributed by atoms with van der Waals surface area (Å²) in [7, 11) is -1.66. The maximum Gasteiger partial charge on any atom is 0.418 e. The molecule has 0 fully saturated rings. The van der Waals surface area contributed by atoms with E-state index in [4.69, 9.17) is 23.7 Å². The molecule has 4 rings (SSSR count). The molecule has 12 nitrogen and oxygen atoms in total. The van der Waals surface area contributed by atoms with Crippen molar-refractivity contribution in [1.29, 1.82) is 0 Å². The molecule has 0 bridgehead atoms. The average Bonchev–Trinajstić information content (AvgIpc) is 3.00. The van der Waals surface area contributed by atoms with E-state index in [-0.39, 0.29) is 51.6 Å². The highest BCUT2D eigenvalue weighted by Crippen LogP contribution is 2.49. The predicted molar refractivity (Wildman–Crippen MR) is 158 cm³/mol. The van der Waals surface area contributed by atoms with Gasteiger partial charge in [0.25, 0.3) is 10.0 Å². The third-order valence-corrected chi connectivity index (χ3v) is 7.21. The first-order valence-electron chi connectivity index (χ1n) is 12.9. The van der Waals surface area contributed by atoms with Gasteiger partial charge in [0, 0.05) is 6.20 Å². The number of sulfonamides is 1. The zero-order chi connectivity index (χ0) is 31.0. The summed E-state index contributed by atoms with van der Waals surface area (Å²) in [5.74, 6) is -1.13. The number of nitrogens with one attached hydrogen (secondary N) is 2. The monoisotopic (exact) mass is 607 g/mol. The second kappa shape index (κ2) is 13.6. The minimum absolute atomic E-state index is 0.00921. The van der Waals surface area contributed by atoms with Gasteiger partial charge in [-0.2, -0.15) is 0 Å². The van der Waals surface area contributed by atoms with E-state index in [1.54, 1.807) is 55.5 Å². The highest BCUT2D eigenvalue weighted by atomic mass is 32.2. The highest BCUT2D eigenvalue weighted by Gasteiger charge is 2.31. The van der Waals surface area contributed by atoms with Gasteiger partial charge in [0.05, 0.1) is 31.4 Å². The summed E-state index contributed by atoms with van der Waals surface area (Å²) in [5.41, 5.74) is 0.333. The minimum Gasteiger partial charge on any atom is -0.493 e. The van der Waals surface area contributed by atoms with E-state index in [2.05, 4.69) is 15.0 Å². The molecule has 2 N–H and O–H groups in total. The van der Waals surface area contributed by atoms with Crippen LogP contribution in [0, 0.1) is 6.92 Å². The predicted octanol–water partition coefficient (Wildman–Crippen LogP) is 5.79. The van der Waals surface area contributed by atoms with Gasteiger partial charge in [0.15, 0.2) is 23.0 Å². The lowest BCUT2D eigenvalue weighted by atomic mass is 10.1. The van der Waals surface area contributed by atoms with E-state index in [1.807, 2.05) is 6.92 Å². The summed E-state index contributed by atoms with van der Waals surface area (Å²) in [5, 5.41) is 2.46. The SMILES string of the molecule is CCOc1c(Oc2ccccc2OC)c(NS(=O)(=O)c2ccc(C)cc2)cc(C(=O)OC)c1OC(=O)Nc1ccccn1. The first-order valence-corrected chi connectivity index (χ1v) is 14.4. The van der Waals surface area contributed by atoms with Crippen LogP contribution in [0.2, 0.25) is 0 Å². The van der Waals surface area contributed by atoms with Gasteiger partial charge < -0.3 is 23.7 Å². The van der Waals surface area contributed by atoms with Crippen molar-refractivity contribution in [3.8, 4) is 28.7 Å². The number of amides is 1. The molecule has 0 atom stereocenters. The molecule has 0 radical (unpaired) electrons. The van der Waals surface area contributed by atoms with E-state index < -0.39 is 22.1 Å². The summed E-state index contributed by atoms with van der Waals surface area (Å²) in [6, 6.07) is 18.7. The van der Waals surface area contributed by atoms with Crippen LogP contribution in [0.3, 0.4) is 0 Å². The van der Waals surface area contributed by atoms with E-state index in [1.165, 1.54) is 31.5 Å². The van der Waals surface area contributed by atoms with Gasteiger partial charge in [0.2, 0.25) is 5.75 Å². The fourth-order valence-corrected chi connectivity index (χ4v) is 4.89. The smallest absolute Gasteiger partial charge is 0.418 e. The van der Waals surface area contributed by atoms with Crippen molar-refractivity contribution in [1.82, 2.24) is 4.98 Å². The van der Waals surface area contributed by atoms with Crippen LogP contribution in [-0.2, 0) is 14.8 Å². The second-order valence-corrected chi connectivity index (χ2v) is 10.5. The van der Waals surface area contributed by atoms with Gasteiger partial charge in [-0.05, 0) is 56.3 Å². The molecule has 1 heterocycles. The molecule has 0 saturated heterocycles. The van der Waals surface area contributed by atoms with E-state index in [0.29, 0.717) is 5.75 Å². The summed E-state index contributed by atoms with van der Waals surface area (Å²) in [6.45, 7) is 3.48. The number of methoxy groups -OCH3 is 2. The van der Waals surface area contributed by atoms with Gasteiger partial charge in [-0.1, -0.05) is 35.9 Å². The number of hydrogen-bond donors (Lipinski definition) is 2. The molecule has 0 unspecified atom stereocenters. The zero-order valence-electron chi connectivity index (χ0n) is 23.7. The quantitative estimate of drug-likeness (QED) is 0.201. The number of carbonyl (C=O) groups is 2. The Bertz CT molecular complexity index is 1710. The molecule has 224 valence electrons.